The molecule has 0 N–H and O–H groups in total. The fourth-order valence-corrected chi connectivity index (χ4v) is 12.8. The van der Waals surface area contributed by atoms with Crippen molar-refractivity contribution >= 4 is 55.2 Å². The molecule has 0 amide bonds. The maximum Gasteiger partial charge on any atom is 1.07 e. The van der Waals surface area contributed by atoms with Gasteiger partial charge in [0.25, 0.3) is 0 Å². The molecule has 4 aromatic carbocycles. The monoisotopic (exact) mass is 1080 g/mol. The highest BCUT2D eigenvalue weighted by Gasteiger charge is 2.55. The fourth-order valence-electron chi connectivity index (χ4n) is 9.27. The molecule has 0 bridgehead atoms. The quantitative estimate of drug-likeness (QED) is 0.186. The minimum Gasteiger partial charge on any atom is -0.589 e. The highest BCUT2D eigenvalue weighted by atomic mass is 27.3. The lowest BCUT2D eigenvalue weighted by Crippen LogP contribution is -2.47. The van der Waals surface area contributed by atoms with E-state index in [1.54, 1.807) is 0 Å². The average Bonchev–Trinajstić information content (AvgIpc) is 3.26. The van der Waals surface area contributed by atoms with E-state index in [1.165, 1.54) is 22.3 Å². The lowest BCUT2D eigenvalue weighted by atomic mass is 9.79. The molecule has 0 aliphatic carbocycles. The summed E-state index contributed by atoms with van der Waals surface area (Å²) in [6.07, 6.45) is 9.50. The first-order valence-corrected chi connectivity index (χ1v) is 31.1. The maximum absolute atomic E-state index is 7.75. The van der Waals surface area contributed by atoms with Crippen LogP contribution in [-0.4, -0.2) is 81.3 Å². The summed E-state index contributed by atoms with van der Waals surface area (Å²) in [5.41, 5.74) is 10.4. The average molecular weight is 1080 g/mol. The Hall–Kier alpha value is -4.22. The normalized spacial score (nSPS) is 15.9. The molecule has 6 rings (SSSR count). The van der Waals surface area contributed by atoms with E-state index in [-0.39, 0.29) is 43.3 Å². The van der Waals surface area contributed by atoms with Crippen LogP contribution >= 0.6 is 0 Å². The van der Waals surface area contributed by atoms with E-state index in [9.17, 15) is 0 Å². The number of rotatable bonds is 2. The molecule has 0 spiro atoms. The van der Waals surface area contributed by atoms with Crippen molar-refractivity contribution in [2.75, 3.05) is 26.2 Å². The van der Waals surface area contributed by atoms with Crippen molar-refractivity contribution in [1.29, 1.82) is 0 Å². The molecule has 0 unspecified atom stereocenters. The van der Waals surface area contributed by atoms with Gasteiger partial charge in [0.15, 0.2) is 0 Å². The van der Waals surface area contributed by atoms with Crippen LogP contribution in [-0.2, 0) is 46.2 Å². The van der Waals surface area contributed by atoms with Crippen molar-refractivity contribution in [3.63, 3.8) is 0 Å². The third-order valence-corrected chi connectivity index (χ3v) is 17.8. The molecule has 0 saturated heterocycles. The van der Waals surface area contributed by atoms with Crippen LogP contribution < -0.4 is 15.2 Å². The molecule has 0 radical (unpaired) electrons. The second-order valence-electron chi connectivity index (χ2n) is 29.8. The maximum atomic E-state index is 7.75. The molecule has 416 valence electrons. The molecule has 0 fully saturated rings. The van der Waals surface area contributed by atoms with Crippen molar-refractivity contribution in [2.24, 2.45) is 20.0 Å². The van der Waals surface area contributed by atoms with Gasteiger partial charge in [-0.3, -0.25) is 20.0 Å². The molecule has 11 heteroatoms. The van der Waals surface area contributed by atoms with Gasteiger partial charge in [-0.1, -0.05) is 190 Å². The molecule has 0 aromatic heterocycles. The van der Waals surface area contributed by atoms with Crippen molar-refractivity contribution in [2.45, 2.75) is 222 Å². The summed E-state index contributed by atoms with van der Waals surface area (Å²) < 4.78 is 38.5. The van der Waals surface area contributed by atoms with Crippen LogP contribution in [0.1, 0.15) is 246 Å². The Morgan fingerprint density at radius 3 is 0.662 bits per heavy atom. The van der Waals surface area contributed by atoms with Gasteiger partial charge in [-0.15, -0.1) is 0 Å². The van der Waals surface area contributed by atoms with Crippen molar-refractivity contribution < 1.29 is 18.0 Å². The molecule has 77 heavy (non-hydrogen) atoms. The predicted octanol–water partition coefficient (Wildman–Crippen LogP) is 16.2. The number of benzene rings is 4. The van der Waals surface area contributed by atoms with Crippen LogP contribution in [0.2, 0.25) is 0 Å². The summed E-state index contributed by atoms with van der Waals surface area (Å²) in [7, 11) is 0. The van der Waals surface area contributed by atoms with E-state index >= 15 is 0 Å². The Morgan fingerprint density at radius 2 is 0.494 bits per heavy atom. The van der Waals surface area contributed by atoms with E-state index in [0.29, 0.717) is 49.2 Å². The first-order valence-electron chi connectivity index (χ1n) is 28.3. The van der Waals surface area contributed by atoms with Crippen LogP contribution in [0, 0.1) is 0 Å². The summed E-state index contributed by atoms with van der Waals surface area (Å²) in [6, 6.07) is 18.1. The molecule has 0 saturated carbocycles. The molecule has 2 aliphatic heterocycles. The van der Waals surface area contributed by atoms with E-state index < -0.39 is 30.3 Å². The summed E-state index contributed by atoms with van der Waals surface area (Å²) in [5.74, 6) is 2.75. The van der Waals surface area contributed by atoms with Crippen molar-refractivity contribution in [3.05, 3.63) is 115 Å². The first-order chi connectivity index (χ1) is 35.2. The Bertz CT molecular complexity index is 2490. The van der Waals surface area contributed by atoms with Gasteiger partial charge in [0.1, 0.15) is 0 Å². The van der Waals surface area contributed by atoms with Gasteiger partial charge >= 0.3 is 30.3 Å². The molecule has 2 aliphatic rings. The summed E-state index contributed by atoms with van der Waals surface area (Å²) in [4.78, 5) is 20.2. The number of hydrogen-bond acceptors (Lipinski definition) is 9. The van der Waals surface area contributed by atoms with Gasteiger partial charge in [0.05, 0.1) is 23.0 Å². The highest BCUT2D eigenvalue weighted by molar-refractivity contribution is 6.54. The smallest absolute Gasteiger partial charge is 0.589 e. The molecule has 2 heterocycles. The summed E-state index contributed by atoms with van der Waals surface area (Å²) in [6.45, 7) is 56.4. The Labute approximate surface area is 477 Å². The minimum absolute atomic E-state index is 0.158. The van der Waals surface area contributed by atoms with E-state index in [2.05, 4.69) is 215 Å². The lowest BCUT2D eigenvalue weighted by molar-refractivity contribution is 0.231. The number of aliphatic imine (C=N–C) groups is 4. The van der Waals surface area contributed by atoms with Gasteiger partial charge in [0, 0.05) is 73.3 Å². The molecule has 9 nitrogen and oxygen atoms in total. The van der Waals surface area contributed by atoms with Crippen LogP contribution in [0.25, 0.3) is 0 Å². The van der Waals surface area contributed by atoms with Crippen LogP contribution in [0.3, 0.4) is 0 Å². The highest BCUT2D eigenvalue weighted by Crippen LogP contribution is 2.44. The Morgan fingerprint density at radius 1 is 0.299 bits per heavy atom. The molecular weight excluding hydrogens is 983 g/mol. The Balaban J connectivity index is 1.77. The standard InChI is InChI=1S/2C33H50N2O2.2Al.O/c2*1-30(2,3)24-16-22(28(36)26(18-24)32(7,8)9)20-34-14-13-15-35-21-23-17-25(31(4,5)6)19-27(29(23)37)33(10,11)12;;;/h2*16-21,36-37H,13-15H2,1-12H3;;;/q;;2*+2;/p-4. The molecule has 0 atom stereocenters. The molecular formula is C66H96Al2N4O5. The zero-order valence-electron chi connectivity index (χ0n) is 52.2. The van der Waals surface area contributed by atoms with E-state index in [1.807, 2.05) is 24.9 Å². The van der Waals surface area contributed by atoms with E-state index in [0.717, 1.165) is 57.3 Å². The Kier molecular flexibility index (Phi) is 18.6. The summed E-state index contributed by atoms with van der Waals surface area (Å²) in [5, 5.41) is 0. The van der Waals surface area contributed by atoms with Crippen molar-refractivity contribution in [3.8, 4) is 23.0 Å². The topological polar surface area (TPSA) is 95.6 Å². The van der Waals surface area contributed by atoms with Crippen LogP contribution in [0.5, 0.6) is 23.0 Å². The zero-order chi connectivity index (χ0) is 57.5. The van der Waals surface area contributed by atoms with Gasteiger partial charge in [-0.05, 0) is 125 Å². The van der Waals surface area contributed by atoms with Crippen LogP contribution in [0.15, 0.2) is 68.5 Å². The van der Waals surface area contributed by atoms with Crippen LogP contribution in [0.4, 0.5) is 0 Å². The third-order valence-electron chi connectivity index (χ3n) is 14.3. The first kappa shape index (κ1) is 62.0. The van der Waals surface area contributed by atoms with Gasteiger partial charge in [-0.25, -0.2) is 0 Å². The minimum atomic E-state index is -3.57. The third kappa shape index (κ3) is 16.0. The second kappa shape index (κ2) is 23.1. The number of fused-ring (bicyclic) bond motifs is 4. The largest absolute Gasteiger partial charge is 1.07 e. The van der Waals surface area contributed by atoms with Crippen molar-refractivity contribution in [1.82, 2.24) is 0 Å². The lowest BCUT2D eigenvalue weighted by Gasteiger charge is -2.33. The van der Waals surface area contributed by atoms with Gasteiger partial charge in [0.2, 0.25) is 0 Å². The zero-order valence-corrected chi connectivity index (χ0v) is 54.5. The second-order valence-corrected chi connectivity index (χ2v) is 33.0. The number of nitrogens with zero attached hydrogens (tertiary/aromatic N) is 4. The number of hydrogen-bond donors (Lipinski definition) is 0. The predicted molar refractivity (Wildman–Crippen MR) is 330 cm³/mol. The fraction of sp³-hybridized carbons (Fsp3) is 0.576. The summed E-state index contributed by atoms with van der Waals surface area (Å²) >= 11 is -7.13. The van der Waals surface area contributed by atoms with E-state index in [4.69, 9.17) is 38.0 Å². The molecule has 4 aromatic rings. The van der Waals surface area contributed by atoms with Gasteiger partial charge in [-0.2, -0.15) is 0 Å². The SMILES string of the molecule is CC(C)(C)c1cc2c(c(C(C)(C)C)c1)[O][Al]([O][Al]1[O]c3c(cc(C(C)(C)C)cc3C(C)(C)C)C=NCCCN=Cc3cc(C(C)(C)C)cc(C(C)(C)C)c3[O]1)[O]c1c(cc(C(C)(C)C)cc1C(C)(C)C)C=NCCCN=C2. The van der Waals surface area contributed by atoms with Gasteiger partial charge < -0.3 is 18.0 Å².